The lowest BCUT2D eigenvalue weighted by molar-refractivity contribution is -0.137. The highest BCUT2D eigenvalue weighted by molar-refractivity contribution is 5.27. The number of aliphatic hydroxyl groups is 1. The average Bonchev–Trinajstić information content (AvgIpc) is 2.91. The van der Waals surface area contributed by atoms with Crippen LogP contribution in [0.2, 0.25) is 0 Å². The fourth-order valence-corrected chi connectivity index (χ4v) is 2.50. The first-order valence-corrected chi connectivity index (χ1v) is 6.93. The van der Waals surface area contributed by atoms with Crippen molar-refractivity contribution in [2.45, 2.75) is 50.5 Å². The van der Waals surface area contributed by atoms with E-state index in [0.717, 1.165) is 44.4 Å². The molecule has 0 bridgehead atoms. The lowest BCUT2D eigenvalue weighted by Crippen LogP contribution is -2.08. The van der Waals surface area contributed by atoms with E-state index < -0.39 is 17.8 Å². The van der Waals surface area contributed by atoms with Crippen molar-refractivity contribution in [3.63, 3.8) is 0 Å². The maximum absolute atomic E-state index is 12.6. The van der Waals surface area contributed by atoms with Crippen LogP contribution in [0.4, 0.5) is 13.2 Å². The molecule has 1 saturated heterocycles. The van der Waals surface area contributed by atoms with E-state index >= 15 is 0 Å². The van der Waals surface area contributed by atoms with Crippen molar-refractivity contribution in [1.82, 2.24) is 0 Å². The summed E-state index contributed by atoms with van der Waals surface area (Å²) in [5, 5.41) is 9.98. The molecule has 1 aromatic rings. The van der Waals surface area contributed by atoms with Crippen LogP contribution < -0.4 is 0 Å². The molecule has 2 atom stereocenters. The zero-order valence-electron chi connectivity index (χ0n) is 11.2. The van der Waals surface area contributed by atoms with Gasteiger partial charge in [-0.05, 0) is 49.8 Å². The molecule has 1 heterocycles. The number of rotatable bonds is 5. The van der Waals surface area contributed by atoms with Gasteiger partial charge in [0.15, 0.2) is 0 Å². The molecular weight excluding hydrogens is 269 g/mol. The molecule has 0 saturated carbocycles. The van der Waals surface area contributed by atoms with Crippen LogP contribution in [0.15, 0.2) is 24.3 Å². The maximum atomic E-state index is 12.6. The molecule has 1 fully saturated rings. The quantitative estimate of drug-likeness (QED) is 0.884. The van der Waals surface area contributed by atoms with Gasteiger partial charge in [-0.3, -0.25) is 0 Å². The Hall–Kier alpha value is -1.07. The van der Waals surface area contributed by atoms with Crippen LogP contribution in [0, 0.1) is 0 Å². The molecule has 2 rings (SSSR count). The van der Waals surface area contributed by atoms with Crippen LogP contribution in [0.25, 0.3) is 0 Å². The minimum atomic E-state index is -4.37. The minimum Gasteiger partial charge on any atom is -0.388 e. The van der Waals surface area contributed by atoms with Gasteiger partial charge in [0.25, 0.3) is 0 Å². The number of hydrogen-bond acceptors (Lipinski definition) is 2. The second-order valence-electron chi connectivity index (χ2n) is 5.20. The van der Waals surface area contributed by atoms with Gasteiger partial charge in [0.2, 0.25) is 0 Å². The third-order valence-electron chi connectivity index (χ3n) is 3.63. The van der Waals surface area contributed by atoms with Crippen LogP contribution in [0.5, 0.6) is 0 Å². The van der Waals surface area contributed by atoms with E-state index in [1.165, 1.54) is 12.1 Å². The monoisotopic (exact) mass is 288 g/mol. The Morgan fingerprint density at radius 3 is 2.80 bits per heavy atom. The van der Waals surface area contributed by atoms with Crippen molar-refractivity contribution >= 4 is 0 Å². The smallest absolute Gasteiger partial charge is 0.388 e. The summed E-state index contributed by atoms with van der Waals surface area (Å²) in [4.78, 5) is 0. The third kappa shape index (κ3) is 4.21. The lowest BCUT2D eigenvalue weighted by Gasteiger charge is -2.15. The molecule has 5 heteroatoms. The summed E-state index contributed by atoms with van der Waals surface area (Å²) in [5.41, 5.74) is -0.389. The van der Waals surface area contributed by atoms with Gasteiger partial charge in [-0.2, -0.15) is 13.2 Å². The molecule has 1 aliphatic heterocycles. The molecule has 0 aromatic heterocycles. The Labute approximate surface area is 116 Å². The Bertz CT molecular complexity index is 425. The highest BCUT2D eigenvalue weighted by atomic mass is 19.4. The fourth-order valence-electron chi connectivity index (χ4n) is 2.50. The Morgan fingerprint density at radius 2 is 2.15 bits per heavy atom. The van der Waals surface area contributed by atoms with Gasteiger partial charge in [-0.1, -0.05) is 12.1 Å². The summed E-state index contributed by atoms with van der Waals surface area (Å²) in [6, 6.07) is 4.91. The van der Waals surface area contributed by atoms with E-state index in [9.17, 15) is 18.3 Å². The maximum Gasteiger partial charge on any atom is 0.416 e. The van der Waals surface area contributed by atoms with Crippen molar-refractivity contribution in [1.29, 1.82) is 0 Å². The van der Waals surface area contributed by atoms with Crippen molar-refractivity contribution in [2.75, 3.05) is 6.61 Å². The van der Waals surface area contributed by atoms with E-state index in [0.29, 0.717) is 12.0 Å². The molecule has 20 heavy (non-hydrogen) atoms. The molecule has 1 aliphatic rings. The summed E-state index contributed by atoms with van der Waals surface area (Å²) in [7, 11) is 0. The molecule has 0 amide bonds. The molecule has 1 aromatic carbocycles. The number of ether oxygens (including phenoxy) is 1. The van der Waals surface area contributed by atoms with E-state index in [-0.39, 0.29) is 6.10 Å². The summed E-state index contributed by atoms with van der Waals surface area (Å²) in [6.07, 6.45) is -0.782. The second-order valence-corrected chi connectivity index (χ2v) is 5.20. The van der Waals surface area contributed by atoms with Crippen molar-refractivity contribution in [3.05, 3.63) is 35.4 Å². The number of alkyl halides is 3. The molecule has 112 valence electrons. The minimum absolute atomic E-state index is 0.253. The number of halogens is 3. The molecule has 2 unspecified atom stereocenters. The third-order valence-corrected chi connectivity index (χ3v) is 3.63. The largest absolute Gasteiger partial charge is 0.416 e. The van der Waals surface area contributed by atoms with Crippen molar-refractivity contribution in [3.8, 4) is 0 Å². The Kier molecular flexibility index (Phi) is 5.05. The van der Waals surface area contributed by atoms with Gasteiger partial charge in [0.1, 0.15) is 0 Å². The van der Waals surface area contributed by atoms with Gasteiger partial charge in [0.05, 0.1) is 17.8 Å². The van der Waals surface area contributed by atoms with E-state index in [1.807, 2.05) is 0 Å². The van der Waals surface area contributed by atoms with Crippen LogP contribution in [0.3, 0.4) is 0 Å². The predicted octanol–water partition coefficient (Wildman–Crippen LogP) is 4.09. The lowest BCUT2D eigenvalue weighted by atomic mass is 10.00. The highest BCUT2D eigenvalue weighted by Gasteiger charge is 2.30. The highest BCUT2D eigenvalue weighted by Crippen LogP contribution is 2.31. The van der Waals surface area contributed by atoms with Crippen LogP contribution >= 0.6 is 0 Å². The Balaban J connectivity index is 1.86. The van der Waals surface area contributed by atoms with Gasteiger partial charge < -0.3 is 9.84 Å². The van der Waals surface area contributed by atoms with Gasteiger partial charge >= 0.3 is 6.18 Å². The average molecular weight is 288 g/mol. The molecule has 2 nitrogen and oxygen atoms in total. The van der Waals surface area contributed by atoms with Crippen LogP contribution in [-0.4, -0.2) is 17.8 Å². The second kappa shape index (κ2) is 6.59. The molecule has 1 N–H and O–H groups in total. The van der Waals surface area contributed by atoms with E-state index in [2.05, 4.69) is 0 Å². The van der Waals surface area contributed by atoms with Crippen LogP contribution in [0.1, 0.15) is 49.3 Å². The van der Waals surface area contributed by atoms with Gasteiger partial charge in [-0.15, -0.1) is 0 Å². The topological polar surface area (TPSA) is 29.5 Å². The Morgan fingerprint density at radius 1 is 1.35 bits per heavy atom. The first-order chi connectivity index (χ1) is 9.47. The fraction of sp³-hybridized carbons (Fsp3) is 0.600. The summed E-state index contributed by atoms with van der Waals surface area (Å²) >= 11 is 0. The SMILES string of the molecule is OC(CCCC1CCCO1)c1cccc(C(F)(F)F)c1. The normalized spacial score (nSPS) is 21.1. The number of benzene rings is 1. The van der Waals surface area contributed by atoms with Crippen LogP contribution in [-0.2, 0) is 10.9 Å². The predicted molar refractivity (Wildman–Crippen MR) is 69.2 cm³/mol. The molecular formula is C15H19F3O2. The molecule has 0 radical (unpaired) electrons. The first-order valence-electron chi connectivity index (χ1n) is 6.93. The zero-order chi connectivity index (χ0) is 14.6. The standard InChI is InChI=1S/C15H19F3O2/c16-15(17,18)12-5-1-4-11(10-12)14(19)8-2-6-13-7-3-9-20-13/h1,4-5,10,13-14,19H,2-3,6-9H2. The van der Waals surface area contributed by atoms with Gasteiger partial charge in [0, 0.05) is 6.61 Å². The molecule has 0 spiro atoms. The van der Waals surface area contributed by atoms with Crippen molar-refractivity contribution in [2.24, 2.45) is 0 Å². The first kappa shape index (κ1) is 15.3. The summed E-state index contributed by atoms with van der Waals surface area (Å²) in [6.45, 7) is 0.793. The van der Waals surface area contributed by atoms with Gasteiger partial charge in [-0.25, -0.2) is 0 Å². The summed E-state index contributed by atoms with van der Waals surface area (Å²) in [5.74, 6) is 0. The van der Waals surface area contributed by atoms with E-state index in [4.69, 9.17) is 4.74 Å². The number of hydrogen-bond donors (Lipinski definition) is 1. The number of aliphatic hydroxyl groups excluding tert-OH is 1. The van der Waals surface area contributed by atoms with E-state index in [1.54, 1.807) is 0 Å². The molecule has 0 aliphatic carbocycles. The zero-order valence-corrected chi connectivity index (χ0v) is 11.2. The van der Waals surface area contributed by atoms with Crippen molar-refractivity contribution < 1.29 is 23.0 Å². The summed E-state index contributed by atoms with van der Waals surface area (Å²) < 4.78 is 43.2.